The Kier molecular flexibility index (Phi) is 5.56. The van der Waals surface area contributed by atoms with Gasteiger partial charge in [0.15, 0.2) is 5.75 Å². The zero-order valence-corrected chi connectivity index (χ0v) is 14.4. The van der Waals surface area contributed by atoms with Gasteiger partial charge in [0.25, 0.3) is 0 Å². The van der Waals surface area contributed by atoms with E-state index >= 15 is 0 Å². The highest BCUT2D eigenvalue weighted by atomic mass is 16.6. The molecule has 1 aromatic rings. The lowest BCUT2D eigenvalue weighted by molar-refractivity contribution is -0.385. The molecule has 1 saturated heterocycles. The van der Waals surface area contributed by atoms with Crippen LogP contribution in [0.25, 0.3) is 0 Å². The number of nitrogens with one attached hydrogen (secondary N) is 1. The van der Waals surface area contributed by atoms with Crippen LogP contribution in [0.4, 0.5) is 11.4 Å². The van der Waals surface area contributed by atoms with E-state index in [1.807, 2.05) is 0 Å². The lowest BCUT2D eigenvalue weighted by Crippen LogP contribution is -2.45. The molecule has 0 spiro atoms. The summed E-state index contributed by atoms with van der Waals surface area (Å²) in [6, 6.07) is 6.23. The van der Waals surface area contributed by atoms with Gasteiger partial charge in [-0.15, -0.1) is 0 Å². The minimum absolute atomic E-state index is 0.00941. The minimum Gasteiger partial charge on any atom is -0.490 e. The zero-order valence-electron chi connectivity index (χ0n) is 14.4. The summed E-state index contributed by atoms with van der Waals surface area (Å²) in [6.07, 6.45) is 9.12. The second-order valence-electron chi connectivity index (χ2n) is 6.89. The Morgan fingerprint density at radius 1 is 1.17 bits per heavy atom. The average Bonchev–Trinajstić information content (AvgIpc) is 2.63. The summed E-state index contributed by atoms with van der Waals surface area (Å²) in [7, 11) is 1.47. The van der Waals surface area contributed by atoms with E-state index in [2.05, 4.69) is 10.2 Å². The van der Waals surface area contributed by atoms with Crippen LogP contribution < -0.4 is 10.1 Å². The molecule has 0 radical (unpaired) electrons. The summed E-state index contributed by atoms with van der Waals surface area (Å²) in [5.41, 5.74) is 0.906. The van der Waals surface area contributed by atoms with Crippen LogP contribution in [0.15, 0.2) is 18.2 Å². The second kappa shape index (κ2) is 7.83. The van der Waals surface area contributed by atoms with Crippen LogP contribution in [0, 0.1) is 10.1 Å². The Morgan fingerprint density at radius 3 is 2.50 bits per heavy atom. The first kappa shape index (κ1) is 17.0. The largest absolute Gasteiger partial charge is 0.490 e. The van der Waals surface area contributed by atoms with Gasteiger partial charge in [0.1, 0.15) is 0 Å². The van der Waals surface area contributed by atoms with Crippen molar-refractivity contribution in [3.63, 3.8) is 0 Å². The van der Waals surface area contributed by atoms with E-state index in [9.17, 15) is 10.1 Å². The van der Waals surface area contributed by atoms with Crippen molar-refractivity contribution in [2.45, 2.75) is 57.0 Å². The predicted octanol–water partition coefficient (Wildman–Crippen LogP) is 3.81. The van der Waals surface area contributed by atoms with Crippen LogP contribution in [0.3, 0.4) is 0 Å². The standard InChI is InChI=1S/C18H27N3O3/c1-24-18-13-15(7-8-17(18)21(22)23)19-14-9-11-20(12-10-14)16-5-3-2-4-6-16/h7-8,13-14,16,19H,2-6,9-12H2,1H3. The number of anilines is 1. The predicted molar refractivity (Wildman–Crippen MR) is 94.7 cm³/mol. The van der Waals surface area contributed by atoms with Crippen molar-refractivity contribution in [3.05, 3.63) is 28.3 Å². The normalized spacial score (nSPS) is 20.7. The Labute approximate surface area is 143 Å². The van der Waals surface area contributed by atoms with Gasteiger partial charge in [-0.2, -0.15) is 0 Å². The lowest BCUT2D eigenvalue weighted by Gasteiger charge is -2.39. The number of nitrogens with zero attached hydrogens (tertiary/aromatic N) is 2. The Bertz CT molecular complexity index is 565. The third-order valence-corrected chi connectivity index (χ3v) is 5.37. The Balaban J connectivity index is 1.55. The first-order valence-electron chi connectivity index (χ1n) is 9.00. The minimum atomic E-state index is -0.411. The van der Waals surface area contributed by atoms with Gasteiger partial charge in [-0.1, -0.05) is 19.3 Å². The van der Waals surface area contributed by atoms with Crippen molar-refractivity contribution in [1.29, 1.82) is 0 Å². The molecule has 0 atom stereocenters. The molecule has 1 aromatic carbocycles. The number of nitro benzene ring substituents is 1. The number of rotatable bonds is 5. The van der Waals surface area contributed by atoms with E-state index in [1.54, 1.807) is 12.1 Å². The van der Waals surface area contributed by atoms with E-state index < -0.39 is 4.92 Å². The van der Waals surface area contributed by atoms with Crippen LogP contribution in [-0.2, 0) is 0 Å². The fraction of sp³-hybridized carbons (Fsp3) is 0.667. The average molecular weight is 333 g/mol. The number of hydrogen-bond donors (Lipinski definition) is 1. The SMILES string of the molecule is COc1cc(NC2CCN(C3CCCCC3)CC2)ccc1[N+](=O)[O-]. The van der Waals surface area contributed by atoms with Crippen molar-refractivity contribution in [2.24, 2.45) is 0 Å². The first-order chi connectivity index (χ1) is 11.7. The van der Waals surface area contributed by atoms with E-state index in [4.69, 9.17) is 4.74 Å². The summed E-state index contributed by atoms with van der Waals surface area (Å²) in [4.78, 5) is 13.2. The number of piperidine rings is 1. The second-order valence-corrected chi connectivity index (χ2v) is 6.89. The number of likely N-dealkylation sites (tertiary alicyclic amines) is 1. The van der Waals surface area contributed by atoms with Crippen LogP contribution in [-0.4, -0.2) is 42.1 Å². The molecule has 2 fully saturated rings. The number of ether oxygens (including phenoxy) is 1. The molecular weight excluding hydrogens is 306 g/mol. The molecule has 0 amide bonds. The lowest BCUT2D eigenvalue weighted by atomic mass is 9.92. The smallest absolute Gasteiger partial charge is 0.311 e. The molecule has 1 aliphatic heterocycles. The van der Waals surface area contributed by atoms with Crippen molar-refractivity contribution in [1.82, 2.24) is 4.90 Å². The number of nitro groups is 1. The molecule has 1 heterocycles. The number of methoxy groups -OCH3 is 1. The third-order valence-electron chi connectivity index (χ3n) is 5.37. The van der Waals surface area contributed by atoms with E-state index in [0.29, 0.717) is 11.8 Å². The molecule has 0 bridgehead atoms. The monoisotopic (exact) mass is 333 g/mol. The highest BCUT2D eigenvalue weighted by Crippen LogP contribution is 2.31. The zero-order chi connectivity index (χ0) is 16.9. The van der Waals surface area contributed by atoms with Gasteiger partial charge in [-0.05, 0) is 31.7 Å². The maximum Gasteiger partial charge on any atom is 0.311 e. The fourth-order valence-corrected chi connectivity index (χ4v) is 4.01. The molecule has 1 saturated carbocycles. The van der Waals surface area contributed by atoms with Crippen LogP contribution >= 0.6 is 0 Å². The van der Waals surface area contributed by atoms with Crippen LogP contribution in [0.2, 0.25) is 0 Å². The van der Waals surface area contributed by atoms with E-state index in [-0.39, 0.29) is 5.69 Å². The third kappa shape index (κ3) is 3.98. The van der Waals surface area contributed by atoms with Gasteiger partial charge in [0, 0.05) is 43.0 Å². The summed E-state index contributed by atoms with van der Waals surface area (Å²) < 4.78 is 5.14. The van der Waals surface area contributed by atoms with Gasteiger partial charge in [0.2, 0.25) is 0 Å². The van der Waals surface area contributed by atoms with Crippen molar-refractivity contribution in [2.75, 3.05) is 25.5 Å². The summed E-state index contributed by atoms with van der Waals surface area (Å²) >= 11 is 0. The molecule has 0 aromatic heterocycles. The molecule has 0 unspecified atom stereocenters. The van der Waals surface area contributed by atoms with Crippen molar-refractivity contribution < 1.29 is 9.66 Å². The van der Waals surface area contributed by atoms with E-state index in [0.717, 1.165) is 37.7 Å². The molecule has 1 N–H and O–H groups in total. The van der Waals surface area contributed by atoms with Crippen molar-refractivity contribution >= 4 is 11.4 Å². The highest BCUT2D eigenvalue weighted by molar-refractivity contribution is 5.58. The summed E-state index contributed by atoms with van der Waals surface area (Å²) in [5, 5.41) is 14.5. The van der Waals surface area contributed by atoms with Gasteiger partial charge in [-0.3, -0.25) is 10.1 Å². The van der Waals surface area contributed by atoms with Gasteiger partial charge >= 0.3 is 5.69 Å². The molecule has 1 aliphatic carbocycles. The summed E-state index contributed by atoms with van der Waals surface area (Å²) in [5.74, 6) is 0.310. The maximum atomic E-state index is 11.0. The molecular formula is C18H27N3O3. The Hall–Kier alpha value is -1.82. The quantitative estimate of drug-likeness (QED) is 0.655. The van der Waals surface area contributed by atoms with Crippen molar-refractivity contribution in [3.8, 4) is 5.75 Å². The molecule has 132 valence electrons. The molecule has 6 nitrogen and oxygen atoms in total. The highest BCUT2D eigenvalue weighted by Gasteiger charge is 2.26. The Morgan fingerprint density at radius 2 is 1.88 bits per heavy atom. The first-order valence-corrected chi connectivity index (χ1v) is 9.00. The van der Waals surface area contributed by atoms with Gasteiger partial charge < -0.3 is 15.0 Å². The van der Waals surface area contributed by atoms with Gasteiger partial charge in [-0.25, -0.2) is 0 Å². The summed E-state index contributed by atoms with van der Waals surface area (Å²) in [6.45, 7) is 2.29. The molecule has 24 heavy (non-hydrogen) atoms. The molecule has 2 aliphatic rings. The molecule has 3 rings (SSSR count). The van der Waals surface area contributed by atoms with Crippen LogP contribution in [0.5, 0.6) is 5.75 Å². The topological polar surface area (TPSA) is 67.6 Å². The van der Waals surface area contributed by atoms with Crippen LogP contribution in [0.1, 0.15) is 44.9 Å². The fourth-order valence-electron chi connectivity index (χ4n) is 4.01. The number of benzene rings is 1. The van der Waals surface area contributed by atoms with Gasteiger partial charge in [0.05, 0.1) is 12.0 Å². The molecule has 6 heteroatoms. The number of hydrogen-bond acceptors (Lipinski definition) is 5. The van der Waals surface area contributed by atoms with E-state index in [1.165, 1.54) is 45.3 Å². The maximum absolute atomic E-state index is 11.0.